The van der Waals surface area contributed by atoms with Gasteiger partial charge in [-0.3, -0.25) is 14.4 Å². The Bertz CT molecular complexity index is 1560. The molecular formula is C29H29Cl2N5O5. The molecule has 12 heteroatoms. The molecule has 1 aromatic heterocycles. The van der Waals surface area contributed by atoms with Crippen LogP contribution >= 0.6 is 23.2 Å². The van der Waals surface area contributed by atoms with Crippen LogP contribution in [0.15, 0.2) is 42.5 Å². The molecule has 41 heavy (non-hydrogen) atoms. The average molecular weight is 598 g/mol. The highest BCUT2D eigenvalue weighted by molar-refractivity contribution is 6.42. The molecule has 3 aromatic rings. The van der Waals surface area contributed by atoms with E-state index < -0.39 is 30.0 Å². The summed E-state index contributed by atoms with van der Waals surface area (Å²) < 4.78 is 0. The number of hydrogen-bond acceptors (Lipinski definition) is 4. The largest absolute Gasteiger partial charge is 0.481 e. The van der Waals surface area contributed by atoms with Gasteiger partial charge in [-0.25, -0.2) is 4.79 Å². The number of likely N-dealkylation sites (tertiary alicyclic amines) is 2. The fraction of sp³-hybridized carbons (Fsp3) is 0.379. The number of aromatic amines is 1. The number of aliphatic carboxylic acids is 1. The molecule has 2 fully saturated rings. The number of para-hydroxylation sites is 1. The van der Waals surface area contributed by atoms with Gasteiger partial charge >= 0.3 is 12.0 Å². The lowest BCUT2D eigenvalue weighted by molar-refractivity contribution is -0.146. The molecule has 10 nitrogen and oxygen atoms in total. The van der Waals surface area contributed by atoms with Gasteiger partial charge in [0.1, 0.15) is 12.1 Å². The van der Waals surface area contributed by atoms with E-state index in [4.69, 9.17) is 23.2 Å². The Balaban J connectivity index is 1.29. The van der Waals surface area contributed by atoms with E-state index in [-0.39, 0.29) is 31.3 Å². The maximum absolute atomic E-state index is 14.2. The maximum atomic E-state index is 14.2. The Kier molecular flexibility index (Phi) is 7.29. The molecule has 0 aliphatic carbocycles. The van der Waals surface area contributed by atoms with E-state index >= 15 is 0 Å². The first-order chi connectivity index (χ1) is 19.7. The molecule has 4 amide bonds. The summed E-state index contributed by atoms with van der Waals surface area (Å²) in [5, 5.41) is 13.9. The molecule has 0 bridgehead atoms. The third-order valence-electron chi connectivity index (χ3n) is 8.39. The van der Waals surface area contributed by atoms with E-state index in [1.54, 1.807) is 28.0 Å². The fourth-order valence-electron chi connectivity index (χ4n) is 6.26. The highest BCUT2D eigenvalue weighted by Gasteiger charge is 2.45. The number of nitrogens with one attached hydrogen (secondary N) is 2. The van der Waals surface area contributed by atoms with Gasteiger partial charge in [-0.15, -0.1) is 0 Å². The molecule has 4 heterocycles. The molecule has 6 rings (SSSR count). The number of H-pyrrole nitrogens is 1. The van der Waals surface area contributed by atoms with Crippen LogP contribution in [-0.4, -0.2) is 80.3 Å². The normalized spacial score (nSPS) is 22.2. The maximum Gasteiger partial charge on any atom is 0.322 e. The Morgan fingerprint density at radius 3 is 2.49 bits per heavy atom. The second kappa shape index (κ2) is 10.9. The number of rotatable bonds is 4. The van der Waals surface area contributed by atoms with Crippen LogP contribution in [0, 0.1) is 5.92 Å². The predicted octanol–water partition coefficient (Wildman–Crippen LogP) is 4.36. The summed E-state index contributed by atoms with van der Waals surface area (Å²) in [4.78, 5) is 60.9. The molecular weight excluding hydrogens is 569 g/mol. The van der Waals surface area contributed by atoms with Gasteiger partial charge in [0.15, 0.2) is 0 Å². The minimum Gasteiger partial charge on any atom is -0.481 e. The molecule has 214 valence electrons. The molecule has 3 N–H and O–H groups in total. The van der Waals surface area contributed by atoms with Gasteiger partial charge in [-0.05, 0) is 49.1 Å². The number of carbonyl (C=O) groups excluding carboxylic acids is 3. The highest BCUT2D eigenvalue weighted by atomic mass is 35.5. The number of nitrogens with zero attached hydrogens (tertiary/aromatic N) is 3. The summed E-state index contributed by atoms with van der Waals surface area (Å²) in [6, 6.07) is 10.6. The quantitative estimate of drug-likeness (QED) is 0.412. The summed E-state index contributed by atoms with van der Waals surface area (Å²) in [5.74, 6) is -2.03. The number of hydrogen-bond donors (Lipinski definition) is 3. The molecule has 3 aliphatic heterocycles. The second-order valence-corrected chi connectivity index (χ2v) is 11.6. The number of anilines is 1. The van der Waals surface area contributed by atoms with Crippen LogP contribution < -0.4 is 5.32 Å². The molecule has 2 saturated heterocycles. The number of carbonyl (C=O) groups is 4. The van der Waals surface area contributed by atoms with Crippen LogP contribution in [0.2, 0.25) is 10.0 Å². The Morgan fingerprint density at radius 1 is 0.927 bits per heavy atom. The van der Waals surface area contributed by atoms with Crippen molar-refractivity contribution in [2.45, 2.75) is 44.3 Å². The van der Waals surface area contributed by atoms with Crippen LogP contribution in [0.25, 0.3) is 10.9 Å². The minimum absolute atomic E-state index is 0.146. The van der Waals surface area contributed by atoms with Crippen LogP contribution in [0.4, 0.5) is 10.5 Å². The number of halogens is 2. The van der Waals surface area contributed by atoms with Gasteiger partial charge < -0.3 is 30.1 Å². The van der Waals surface area contributed by atoms with Crippen molar-refractivity contribution in [3.8, 4) is 0 Å². The number of benzene rings is 2. The van der Waals surface area contributed by atoms with Crippen molar-refractivity contribution in [2.75, 3.05) is 25.0 Å². The molecule has 3 atom stereocenters. The minimum atomic E-state index is -0.917. The summed E-state index contributed by atoms with van der Waals surface area (Å²) in [7, 11) is 0. The zero-order valence-electron chi connectivity index (χ0n) is 22.1. The third kappa shape index (κ3) is 5.10. The molecule has 0 spiro atoms. The van der Waals surface area contributed by atoms with Gasteiger partial charge in [0.2, 0.25) is 11.8 Å². The van der Waals surface area contributed by atoms with Crippen molar-refractivity contribution in [1.29, 1.82) is 0 Å². The van der Waals surface area contributed by atoms with Gasteiger partial charge in [-0.2, -0.15) is 0 Å². The summed E-state index contributed by atoms with van der Waals surface area (Å²) in [6.07, 6.45) is 1.84. The molecule has 0 radical (unpaired) electrons. The average Bonchev–Trinajstić information content (AvgIpc) is 3.72. The summed E-state index contributed by atoms with van der Waals surface area (Å²) in [6.45, 7) is 1.07. The lowest BCUT2D eigenvalue weighted by Gasteiger charge is -2.38. The summed E-state index contributed by atoms with van der Waals surface area (Å²) >= 11 is 12.2. The molecule has 0 saturated carbocycles. The Hall–Kier alpha value is -3.76. The van der Waals surface area contributed by atoms with Gasteiger partial charge in [0.25, 0.3) is 0 Å². The van der Waals surface area contributed by atoms with E-state index in [1.165, 1.54) is 4.90 Å². The lowest BCUT2D eigenvalue weighted by Crippen LogP contribution is -2.57. The summed E-state index contributed by atoms with van der Waals surface area (Å²) in [5.41, 5.74) is 3.19. The van der Waals surface area contributed by atoms with Gasteiger partial charge in [-0.1, -0.05) is 41.4 Å². The number of urea groups is 1. The van der Waals surface area contributed by atoms with E-state index in [2.05, 4.69) is 10.3 Å². The number of carboxylic acids is 1. The van der Waals surface area contributed by atoms with Crippen molar-refractivity contribution >= 4 is 63.6 Å². The van der Waals surface area contributed by atoms with Crippen LogP contribution in [0.3, 0.4) is 0 Å². The van der Waals surface area contributed by atoms with Gasteiger partial charge in [0, 0.05) is 48.3 Å². The smallest absolute Gasteiger partial charge is 0.322 e. The van der Waals surface area contributed by atoms with Crippen LogP contribution in [0.1, 0.15) is 30.5 Å². The van der Waals surface area contributed by atoms with Crippen molar-refractivity contribution in [2.24, 2.45) is 5.92 Å². The first kappa shape index (κ1) is 27.4. The standard InChI is InChI=1S/C29H29Cl2N5O5/c30-20-8-7-17(12-21(20)31)32-29(41)36-15-23-19(18-4-1-2-5-22(18)33-23)13-25(36)27(38)35-10-3-6-24(35)26(37)34-11-9-16(14-34)28(39)40/h1-2,4-5,7-8,12,16,24-25,33H,3,6,9-11,13-15H2,(H,32,41)(H,39,40)/t16-,24+,25-/m1/s1. The van der Waals surface area contributed by atoms with E-state index in [0.29, 0.717) is 48.1 Å². The number of amides is 4. The Labute approximate surface area is 246 Å². The molecule has 3 aliphatic rings. The van der Waals surface area contributed by atoms with E-state index in [1.807, 2.05) is 24.3 Å². The van der Waals surface area contributed by atoms with Crippen molar-refractivity contribution in [3.63, 3.8) is 0 Å². The van der Waals surface area contributed by atoms with Gasteiger partial charge in [0.05, 0.1) is 22.5 Å². The van der Waals surface area contributed by atoms with E-state index in [9.17, 15) is 24.3 Å². The zero-order chi connectivity index (χ0) is 28.8. The van der Waals surface area contributed by atoms with Crippen molar-refractivity contribution in [1.82, 2.24) is 19.7 Å². The number of aromatic nitrogens is 1. The SMILES string of the molecule is O=C(O)[C@@H]1CCN(C(=O)[C@@H]2CCCN2C(=O)[C@H]2Cc3c([nH]c4ccccc34)CN2C(=O)Nc2ccc(Cl)c(Cl)c2)C1. The lowest BCUT2D eigenvalue weighted by atomic mass is 9.95. The monoisotopic (exact) mass is 597 g/mol. The van der Waals surface area contributed by atoms with E-state index in [0.717, 1.165) is 22.2 Å². The first-order valence-corrected chi connectivity index (χ1v) is 14.4. The number of carboxylic acid groups (broad SMARTS) is 1. The zero-order valence-corrected chi connectivity index (χ0v) is 23.6. The Morgan fingerprint density at radius 2 is 1.73 bits per heavy atom. The number of fused-ring (bicyclic) bond motifs is 3. The second-order valence-electron chi connectivity index (χ2n) is 10.8. The molecule has 0 unspecified atom stereocenters. The van der Waals surface area contributed by atoms with Crippen molar-refractivity contribution < 1.29 is 24.3 Å². The predicted molar refractivity (Wildman–Crippen MR) is 154 cm³/mol. The highest BCUT2D eigenvalue weighted by Crippen LogP contribution is 2.34. The third-order valence-corrected chi connectivity index (χ3v) is 9.13. The van der Waals surface area contributed by atoms with Crippen LogP contribution in [0.5, 0.6) is 0 Å². The first-order valence-electron chi connectivity index (χ1n) is 13.6. The fourth-order valence-corrected chi connectivity index (χ4v) is 6.56. The topological polar surface area (TPSA) is 126 Å². The molecule has 2 aromatic carbocycles. The van der Waals surface area contributed by atoms with Crippen LogP contribution in [-0.2, 0) is 27.3 Å². The van der Waals surface area contributed by atoms with Crippen molar-refractivity contribution in [3.05, 3.63) is 63.8 Å².